The molecule has 3 aromatic heterocycles. The number of aromatic nitrogens is 5. The Morgan fingerprint density at radius 2 is 1.97 bits per heavy atom. The second kappa shape index (κ2) is 6.90. The molecule has 0 amide bonds. The largest absolute Gasteiger partial charge is 0.364 e. The number of pyridine rings is 1. The number of benzene rings is 1. The maximum atomic E-state index is 15.2. The fraction of sp³-hybridized carbons (Fsp3) is 0.150. The number of halogens is 3. The number of nitrogens with one attached hydrogen (secondary N) is 1. The zero-order valence-corrected chi connectivity index (χ0v) is 16.1. The van der Waals surface area contributed by atoms with Crippen LogP contribution in [-0.2, 0) is 13.0 Å². The van der Waals surface area contributed by atoms with Crippen LogP contribution in [0.25, 0.3) is 22.2 Å². The zero-order valence-electron chi connectivity index (χ0n) is 16.1. The van der Waals surface area contributed by atoms with Crippen LogP contribution >= 0.6 is 0 Å². The number of nitrogen functional groups attached to an aromatic ring is 1. The van der Waals surface area contributed by atoms with Gasteiger partial charge in [-0.2, -0.15) is 19.3 Å². The number of rotatable bonds is 3. The van der Waals surface area contributed by atoms with Gasteiger partial charge in [-0.3, -0.25) is 9.67 Å². The fourth-order valence-electron chi connectivity index (χ4n) is 3.14. The molecule has 3 N–H and O–H groups in total. The van der Waals surface area contributed by atoms with E-state index in [0.29, 0.717) is 27.0 Å². The Morgan fingerprint density at radius 1 is 1.20 bits per heavy atom. The summed E-state index contributed by atoms with van der Waals surface area (Å²) in [6.07, 6.45) is 3.05. The van der Waals surface area contributed by atoms with Crippen LogP contribution in [0.2, 0.25) is 0 Å². The number of nitrogens with zero attached hydrogens (tertiary/aromatic N) is 5. The average molecular weight is 412 g/mol. The predicted molar refractivity (Wildman–Crippen MR) is 105 cm³/mol. The Balaban J connectivity index is 1.80. The van der Waals surface area contributed by atoms with E-state index in [4.69, 9.17) is 11.1 Å². The van der Waals surface area contributed by atoms with Gasteiger partial charge in [-0.25, -0.2) is 4.39 Å². The average Bonchev–Trinajstić information content (AvgIpc) is 3.06. The highest BCUT2D eigenvalue weighted by Gasteiger charge is 2.47. The summed E-state index contributed by atoms with van der Waals surface area (Å²) < 4.78 is 46.9. The number of hydrogen-bond acceptors (Lipinski definition) is 5. The summed E-state index contributed by atoms with van der Waals surface area (Å²) in [6, 6.07) is 8.20. The molecule has 0 bridgehead atoms. The van der Waals surface area contributed by atoms with Crippen LogP contribution in [0, 0.1) is 18.2 Å². The standard InChI is InChI=1S/C20H16F3N7/c1-11-7-12(5-6-26-11)16-3-4-18(24)30(28-16)19(25)20(22,23)14-8-13-10-29(2)27-17(13)9-15(14)21/h3-10,24-25H,1-2H3/p+1. The first-order chi connectivity index (χ1) is 14.2. The molecule has 10 heteroatoms. The Kier molecular flexibility index (Phi) is 4.49. The SMILES string of the molecule is Cc1cc(-c2ccc(N)[n+](C(=N)C(F)(F)c3cc4cn(C)nc4cc3F)n2)ccn1. The molecule has 4 rings (SSSR count). The van der Waals surface area contributed by atoms with E-state index in [1.165, 1.54) is 16.9 Å². The molecular weight excluding hydrogens is 395 g/mol. The van der Waals surface area contributed by atoms with E-state index in [1.807, 2.05) is 0 Å². The van der Waals surface area contributed by atoms with E-state index in [9.17, 15) is 4.39 Å². The van der Waals surface area contributed by atoms with E-state index in [-0.39, 0.29) is 11.3 Å². The number of hydrogen-bond donors (Lipinski definition) is 2. The molecule has 0 aliphatic rings. The van der Waals surface area contributed by atoms with Gasteiger partial charge in [0.1, 0.15) is 11.5 Å². The number of alkyl halides is 2. The molecule has 0 spiro atoms. The summed E-state index contributed by atoms with van der Waals surface area (Å²) in [7, 11) is 1.60. The first kappa shape index (κ1) is 19.5. The molecule has 152 valence electrons. The van der Waals surface area contributed by atoms with E-state index in [1.54, 1.807) is 38.4 Å². The van der Waals surface area contributed by atoms with E-state index < -0.39 is 23.1 Å². The van der Waals surface area contributed by atoms with Gasteiger partial charge < -0.3 is 5.73 Å². The van der Waals surface area contributed by atoms with Crippen LogP contribution in [0.3, 0.4) is 0 Å². The molecule has 0 aliphatic carbocycles. The minimum Gasteiger partial charge on any atom is -0.317 e. The smallest absolute Gasteiger partial charge is 0.317 e. The first-order valence-electron chi connectivity index (χ1n) is 8.89. The van der Waals surface area contributed by atoms with Gasteiger partial charge in [-0.1, -0.05) is 0 Å². The summed E-state index contributed by atoms with van der Waals surface area (Å²) in [6.45, 7) is 1.78. The van der Waals surface area contributed by atoms with Crippen molar-refractivity contribution >= 4 is 22.6 Å². The number of aryl methyl sites for hydroxylation is 2. The number of fused-ring (bicyclic) bond motifs is 1. The van der Waals surface area contributed by atoms with Gasteiger partial charge in [-0.05, 0) is 31.2 Å². The first-order valence-corrected chi connectivity index (χ1v) is 8.89. The van der Waals surface area contributed by atoms with Crippen molar-refractivity contribution in [3.63, 3.8) is 0 Å². The molecule has 0 saturated heterocycles. The lowest BCUT2D eigenvalue weighted by atomic mass is 10.0. The normalized spacial score (nSPS) is 11.8. The maximum absolute atomic E-state index is 15.2. The third-order valence-corrected chi connectivity index (χ3v) is 4.61. The van der Waals surface area contributed by atoms with Crippen molar-refractivity contribution in [1.82, 2.24) is 19.9 Å². The van der Waals surface area contributed by atoms with E-state index >= 15 is 8.78 Å². The third kappa shape index (κ3) is 3.25. The van der Waals surface area contributed by atoms with Gasteiger partial charge >= 0.3 is 11.8 Å². The Morgan fingerprint density at radius 3 is 2.70 bits per heavy atom. The lowest BCUT2D eigenvalue weighted by molar-refractivity contribution is -0.616. The summed E-state index contributed by atoms with van der Waals surface area (Å²) >= 11 is 0. The molecule has 30 heavy (non-hydrogen) atoms. The monoisotopic (exact) mass is 412 g/mol. The van der Waals surface area contributed by atoms with Crippen LogP contribution < -0.4 is 10.4 Å². The van der Waals surface area contributed by atoms with Crippen molar-refractivity contribution in [3.8, 4) is 11.3 Å². The number of anilines is 1. The van der Waals surface area contributed by atoms with Crippen LogP contribution in [0.15, 0.2) is 48.8 Å². The molecule has 0 unspecified atom stereocenters. The minimum absolute atomic E-state index is 0.183. The van der Waals surface area contributed by atoms with Crippen LogP contribution in [0.4, 0.5) is 19.0 Å². The second-order valence-electron chi connectivity index (χ2n) is 6.86. The molecule has 4 aromatic rings. The van der Waals surface area contributed by atoms with Crippen LogP contribution in [0.5, 0.6) is 0 Å². The predicted octanol–water partition coefficient (Wildman–Crippen LogP) is 2.96. The highest BCUT2D eigenvalue weighted by molar-refractivity contribution is 5.85. The van der Waals surface area contributed by atoms with Gasteiger partial charge in [0.05, 0.1) is 11.1 Å². The fourth-order valence-corrected chi connectivity index (χ4v) is 3.14. The topological polar surface area (TPSA) is 97.3 Å². The Labute approximate surface area is 169 Å². The van der Waals surface area contributed by atoms with Crippen molar-refractivity contribution in [1.29, 1.82) is 5.41 Å². The summed E-state index contributed by atoms with van der Waals surface area (Å²) in [5.74, 6) is -6.62. The van der Waals surface area contributed by atoms with Crippen molar-refractivity contribution in [3.05, 3.63) is 65.9 Å². The van der Waals surface area contributed by atoms with Crippen molar-refractivity contribution in [2.24, 2.45) is 7.05 Å². The summed E-state index contributed by atoms with van der Waals surface area (Å²) in [5, 5.41) is 16.5. The van der Waals surface area contributed by atoms with E-state index in [0.717, 1.165) is 12.1 Å². The van der Waals surface area contributed by atoms with Gasteiger partial charge in [0.2, 0.25) is 5.82 Å². The van der Waals surface area contributed by atoms with Crippen molar-refractivity contribution in [2.45, 2.75) is 12.8 Å². The summed E-state index contributed by atoms with van der Waals surface area (Å²) in [4.78, 5) is 4.09. The highest BCUT2D eigenvalue weighted by atomic mass is 19.3. The number of nitrogens with two attached hydrogens (primary N) is 1. The molecule has 0 atom stereocenters. The molecular formula is C20H17F3N7+. The molecule has 3 heterocycles. The third-order valence-electron chi connectivity index (χ3n) is 4.61. The van der Waals surface area contributed by atoms with Crippen LogP contribution in [0.1, 0.15) is 11.3 Å². The highest BCUT2D eigenvalue weighted by Crippen LogP contribution is 2.33. The van der Waals surface area contributed by atoms with Gasteiger partial charge in [0.25, 0.3) is 0 Å². The molecule has 0 saturated carbocycles. The van der Waals surface area contributed by atoms with Crippen LogP contribution in [-0.4, -0.2) is 25.7 Å². The second-order valence-corrected chi connectivity index (χ2v) is 6.86. The van der Waals surface area contributed by atoms with Crippen molar-refractivity contribution in [2.75, 3.05) is 5.73 Å². The molecule has 0 radical (unpaired) electrons. The molecule has 1 aromatic carbocycles. The lowest BCUT2D eigenvalue weighted by Crippen LogP contribution is -2.55. The minimum atomic E-state index is -3.99. The van der Waals surface area contributed by atoms with Gasteiger partial charge in [0.15, 0.2) is 0 Å². The molecule has 0 fully saturated rings. The van der Waals surface area contributed by atoms with Gasteiger partial charge in [-0.15, -0.1) is 9.78 Å². The molecule has 7 nitrogen and oxygen atoms in total. The zero-order chi connectivity index (χ0) is 21.6. The maximum Gasteiger partial charge on any atom is 0.364 e. The summed E-state index contributed by atoms with van der Waals surface area (Å²) in [5.41, 5.74) is 6.75. The quantitative estimate of drug-likeness (QED) is 0.307. The van der Waals surface area contributed by atoms with E-state index in [2.05, 4.69) is 15.2 Å². The Hall–Kier alpha value is -3.82. The van der Waals surface area contributed by atoms with Crippen molar-refractivity contribution < 1.29 is 17.9 Å². The van der Waals surface area contributed by atoms with Gasteiger partial charge in [0, 0.05) is 48.2 Å². The Bertz CT molecular complexity index is 1300. The lowest BCUT2D eigenvalue weighted by Gasteiger charge is -2.16. The molecule has 0 aliphatic heterocycles.